The predicted molar refractivity (Wildman–Crippen MR) is 55.5 cm³/mol. The van der Waals surface area contributed by atoms with Crippen molar-refractivity contribution >= 4 is 5.91 Å². The van der Waals surface area contributed by atoms with Crippen molar-refractivity contribution in [3.63, 3.8) is 0 Å². The molecule has 1 unspecified atom stereocenters. The third-order valence-electron chi connectivity index (χ3n) is 2.57. The van der Waals surface area contributed by atoms with Crippen LogP contribution in [0, 0.1) is 6.92 Å². The Labute approximate surface area is 88.6 Å². The van der Waals surface area contributed by atoms with E-state index in [2.05, 4.69) is 4.98 Å². The summed E-state index contributed by atoms with van der Waals surface area (Å²) < 4.78 is 0. The average molecular weight is 206 g/mol. The highest BCUT2D eigenvalue weighted by Gasteiger charge is 2.25. The molecule has 0 aromatic carbocycles. The standard InChI is InChI=1S/C11H14N2O2/c1-8-4-9(6-12-5-8)11(15)13-3-2-10(14)7-13/h4-6,10,14H,2-3,7H2,1H3. The fraction of sp³-hybridized carbons (Fsp3) is 0.455. The highest BCUT2D eigenvalue weighted by molar-refractivity contribution is 5.94. The first kappa shape index (κ1) is 10.1. The lowest BCUT2D eigenvalue weighted by molar-refractivity contribution is 0.0764. The Bertz CT molecular complexity index is 379. The van der Waals surface area contributed by atoms with E-state index in [4.69, 9.17) is 0 Å². The fourth-order valence-electron chi connectivity index (χ4n) is 1.78. The van der Waals surface area contributed by atoms with Gasteiger partial charge < -0.3 is 10.0 Å². The third-order valence-corrected chi connectivity index (χ3v) is 2.57. The first-order valence-electron chi connectivity index (χ1n) is 5.06. The Kier molecular flexibility index (Phi) is 2.68. The van der Waals surface area contributed by atoms with E-state index in [1.807, 2.05) is 13.0 Å². The molecule has 0 bridgehead atoms. The zero-order valence-corrected chi connectivity index (χ0v) is 8.68. The van der Waals surface area contributed by atoms with E-state index in [1.165, 1.54) is 0 Å². The van der Waals surface area contributed by atoms with Crippen LogP contribution in [-0.4, -0.2) is 40.1 Å². The molecule has 2 heterocycles. The van der Waals surface area contributed by atoms with Crippen molar-refractivity contribution in [1.29, 1.82) is 0 Å². The number of carbonyl (C=O) groups excluding carboxylic acids is 1. The first-order valence-corrected chi connectivity index (χ1v) is 5.06. The Morgan fingerprint density at radius 3 is 3.00 bits per heavy atom. The minimum Gasteiger partial charge on any atom is -0.391 e. The SMILES string of the molecule is Cc1cncc(C(=O)N2CCC(O)C2)c1. The van der Waals surface area contributed by atoms with Gasteiger partial charge in [-0.2, -0.15) is 0 Å². The molecule has 0 spiro atoms. The van der Waals surface area contributed by atoms with Gasteiger partial charge >= 0.3 is 0 Å². The molecule has 1 aliphatic rings. The van der Waals surface area contributed by atoms with Crippen LogP contribution in [0.25, 0.3) is 0 Å². The zero-order chi connectivity index (χ0) is 10.8. The quantitative estimate of drug-likeness (QED) is 0.732. The molecule has 1 aromatic heterocycles. The van der Waals surface area contributed by atoms with Crippen molar-refractivity contribution < 1.29 is 9.90 Å². The summed E-state index contributed by atoms with van der Waals surface area (Å²) in [5.74, 6) is -0.0391. The van der Waals surface area contributed by atoms with Gasteiger partial charge in [-0.25, -0.2) is 0 Å². The van der Waals surface area contributed by atoms with Gasteiger partial charge in [0.25, 0.3) is 5.91 Å². The van der Waals surface area contributed by atoms with Crippen LogP contribution >= 0.6 is 0 Å². The first-order chi connectivity index (χ1) is 7.16. The highest BCUT2D eigenvalue weighted by atomic mass is 16.3. The van der Waals surface area contributed by atoms with E-state index in [9.17, 15) is 9.90 Å². The number of aryl methyl sites for hydroxylation is 1. The topological polar surface area (TPSA) is 53.4 Å². The van der Waals surface area contributed by atoms with Crippen LogP contribution in [-0.2, 0) is 0 Å². The van der Waals surface area contributed by atoms with Gasteiger partial charge in [0.05, 0.1) is 11.7 Å². The molecule has 1 saturated heterocycles. The molecule has 1 atom stereocenters. The molecule has 0 aliphatic carbocycles. The summed E-state index contributed by atoms with van der Waals surface area (Å²) in [6.07, 6.45) is 3.59. The van der Waals surface area contributed by atoms with Crippen LogP contribution in [0.5, 0.6) is 0 Å². The van der Waals surface area contributed by atoms with E-state index in [0.717, 1.165) is 5.56 Å². The van der Waals surface area contributed by atoms with Crippen LogP contribution < -0.4 is 0 Å². The molecule has 1 N–H and O–H groups in total. The normalized spacial score (nSPS) is 20.7. The van der Waals surface area contributed by atoms with Crippen LogP contribution in [0.15, 0.2) is 18.5 Å². The lowest BCUT2D eigenvalue weighted by atomic mass is 10.2. The molecule has 15 heavy (non-hydrogen) atoms. The number of likely N-dealkylation sites (tertiary alicyclic amines) is 1. The molecule has 0 radical (unpaired) electrons. The summed E-state index contributed by atoms with van der Waals surface area (Å²) in [5.41, 5.74) is 1.57. The van der Waals surface area contributed by atoms with E-state index in [-0.39, 0.29) is 12.0 Å². The summed E-state index contributed by atoms with van der Waals surface area (Å²) >= 11 is 0. The van der Waals surface area contributed by atoms with Gasteiger partial charge in [-0.05, 0) is 25.0 Å². The Morgan fingerprint density at radius 1 is 1.60 bits per heavy atom. The summed E-state index contributed by atoms with van der Waals surface area (Å²) in [7, 11) is 0. The predicted octanol–water partition coefficient (Wildman–Crippen LogP) is 0.597. The highest BCUT2D eigenvalue weighted by Crippen LogP contribution is 2.13. The van der Waals surface area contributed by atoms with Crippen LogP contribution in [0.3, 0.4) is 0 Å². The molecule has 1 aromatic rings. The second-order valence-electron chi connectivity index (χ2n) is 3.94. The Morgan fingerprint density at radius 2 is 2.40 bits per heavy atom. The van der Waals surface area contributed by atoms with Crippen molar-refractivity contribution in [3.8, 4) is 0 Å². The number of carbonyl (C=O) groups is 1. The molecule has 1 amide bonds. The van der Waals surface area contributed by atoms with E-state index >= 15 is 0 Å². The second-order valence-corrected chi connectivity index (χ2v) is 3.94. The Hall–Kier alpha value is -1.42. The lowest BCUT2D eigenvalue weighted by Gasteiger charge is -2.15. The van der Waals surface area contributed by atoms with Crippen LogP contribution in [0.2, 0.25) is 0 Å². The maximum atomic E-state index is 11.9. The number of amides is 1. The number of β-amino-alcohol motifs (C(OH)–C–C–N with tert-alkyl or cyclic N) is 1. The molecular weight excluding hydrogens is 192 g/mol. The molecule has 80 valence electrons. The minimum absolute atomic E-state index is 0.0391. The number of hydrogen-bond donors (Lipinski definition) is 1. The number of aliphatic hydroxyl groups is 1. The van der Waals surface area contributed by atoms with Gasteiger partial charge in [0, 0.05) is 25.5 Å². The largest absolute Gasteiger partial charge is 0.391 e. The van der Waals surface area contributed by atoms with Gasteiger partial charge in [0.15, 0.2) is 0 Å². The molecule has 1 fully saturated rings. The van der Waals surface area contributed by atoms with Gasteiger partial charge in [0.2, 0.25) is 0 Å². The summed E-state index contributed by atoms with van der Waals surface area (Å²) in [6.45, 7) is 2.98. The maximum Gasteiger partial charge on any atom is 0.255 e. The summed E-state index contributed by atoms with van der Waals surface area (Å²) in [5, 5.41) is 9.34. The molecule has 0 saturated carbocycles. The van der Waals surface area contributed by atoms with Crippen molar-refractivity contribution in [1.82, 2.24) is 9.88 Å². The monoisotopic (exact) mass is 206 g/mol. The third kappa shape index (κ3) is 2.15. The van der Waals surface area contributed by atoms with Crippen molar-refractivity contribution in [2.24, 2.45) is 0 Å². The zero-order valence-electron chi connectivity index (χ0n) is 8.68. The number of hydrogen-bond acceptors (Lipinski definition) is 3. The van der Waals surface area contributed by atoms with Crippen molar-refractivity contribution in [2.75, 3.05) is 13.1 Å². The van der Waals surface area contributed by atoms with Crippen LogP contribution in [0.4, 0.5) is 0 Å². The molecule has 2 rings (SSSR count). The van der Waals surface area contributed by atoms with Gasteiger partial charge in [0.1, 0.15) is 0 Å². The summed E-state index contributed by atoms with van der Waals surface area (Å²) in [6, 6.07) is 1.82. The smallest absolute Gasteiger partial charge is 0.255 e. The van der Waals surface area contributed by atoms with Gasteiger partial charge in [-0.1, -0.05) is 0 Å². The molecular formula is C11H14N2O2. The number of pyridine rings is 1. The Balaban J connectivity index is 2.14. The molecule has 4 nitrogen and oxygen atoms in total. The van der Waals surface area contributed by atoms with Crippen LogP contribution in [0.1, 0.15) is 22.3 Å². The number of aliphatic hydroxyl groups excluding tert-OH is 1. The minimum atomic E-state index is -0.369. The number of rotatable bonds is 1. The number of nitrogens with zero attached hydrogens (tertiary/aromatic N) is 2. The van der Waals surface area contributed by atoms with E-state index in [0.29, 0.717) is 25.1 Å². The van der Waals surface area contributed by atoms with Gasteiger partial charge in [-0.15, -0.1) is 0 Å². The van der Waals surface area contributed by atoms with Gasteiger partial charge in [-0.3, -0.25) is 9.78 Å². The van der Waals surface area contributed by atoms with Crippen molar-refractivity contribution in [2.45, 2.75) is 19.4 Å². The van der Waals surface area contributed by atoms with E-state index < -0.39 is 0 Å². The average Bonchev–Trinajstić information content (AvgIpc) is 2.64. The van der Waals surface area contributed by atoms with Crippen molar-refractivity contribution in [3.05, 3.63) is 29.6 Å². The maximum absolute atomic E-state index is 11.9. The fourth-order valence-corrected chi connectivity index (χ4v) is 1.78. The van der Waals surface area contributed by atoms with E-state index in [1.54, 1.807) is 17.3 Å². The molecule has 1 aliphatic heterocycles. The summed E-state index contributed by atoms with van der Waals surface area (Å²) in [4.78, 5) is 17.6. The number of aromatic nitrogens is 1. The second kappa shape index (κ2) is 3.98. The lowest BCUT2D eigenvalue weighted by Crippen LogP contribution is -2.29. The molecule has 4 heteroatoms.